The predicted molar refractivity (Wildman–Crippen MR) is 127 cm³/mol. The van der Waals surface area contributed by atoms with Gasteiger partial charge in [0.05, 0.1) is 11.5 Å². The highest BCUT2D eigenvalue weighted by molar-refractivity contribution is 5.97. The number of hydrogen-bond donors (Lipinski definition) is 1. The molecule has 6 nitrogen and oxygen atoms in total. The second kappa shape index (κ2) is 8.47. The number of carbonyl (C=O) groups excluding carboxylic acids is 3. The van der Waals surface area contributed by atoms with Gasteiger partial charge in [-0.15, -0.1) is 0 Å². The van der Waals surface area contributed by atoms with Crippen LogP contribution in [-0.4, -0.2) is 46.4 Å². The van der Waals surface area contributed by atoms with E-state index in [9.17, 15) is 19.5 Å². The summed E-state index contributed by atoms with van der Waals surface area (Å²) in [5.41, 5.74) is 3.89. The molecule has 1 heterocycles. The molecule has 1 aliphatic heterocycles. The largest absolute Gasteiger partial charge is 0.459 e. The first-order valence-corrected chi connectivity index (χ1v) is 12.8. The molecule has 1 N–H and O–H groups in total. The lowest BCUT2D eigenvalue weighted by molar-refractivity contribution is -0.166. The van der Waals surface area contributed by atoms with Crippen LogP contribution in [0.5, 0.6) is 0 Å². The Morgan fingerprint density at radius 3 is 2.15 bits per heavy atom. The van der Waals surface area contributed by atoms with Crippen LogP contribution in [0.1, 0.15) is 84.5 Å². The maximum Gasteiger partial charge on any atom is 0.329 e. The summed E-state index contributed by atoms with van der Waals surface area (Å²) in [5, 5.41) is 10.4. The smallest absolute Gasteiger partial charge is 0.329 e. The van der Waals surface area contributed by atoms with Gasteiger partial charge in [-0.1, -0.05) is 6.07 Å². The Morgan fingerprint density at radius 1 is 1.00 bits per heavy atom. The maximum atomic E-state index is 13.9. The average molecular weight is 468 g/mol. The van der Waals surface area contributed by atoms with Crippen molar-refractivity contribution < 1.29 is 24.2 Å². The number of aliphatic hydroxyl groups is 1. The number of aliphatic hydroxyl groups excluding tert-OH is 1. The number of β-amino-alcohol motifs (C(OH)–C–C–N with tert-alkyl or cyclic N) is 1. The fourth-order valence-corrected chi connectivity index (χ4v) is 8.17. The third kappa shape index (κ3) is 3.88. The summed E-state index contributed by atoms with van der Waals surface area (Å²) in [6, 6.07) is 1.21. The molecule has 4 aliphatic carbocycles. The minimum Gasteiger partial charge on any atom is -0.459 e. The molecule has 2 atom stereocenters. The first kappa shape index (κ1) is 23.5. The molecule has 1 aromatic rings. The van der Waals surface area contributed by atoms with E-state index in [4.69, 9.17) is 4.74 Å². The number of likely N-dealkylation sites (tertiary alicyclic amines) is 1. The third-order valence-electron chi connectivity index (χ3n) is 9.15. The SMILES string of the molecule is CC(=O)c1c(C)cc(C)c(COC(=O)[C@@H]2CC(O)CN2C(=O)C23CC4CC(CC(C4)C2)C3)c1C. The molecule has 0 aromatic heterocycles. The van der Waals surface area contributed by atoms with Gasteiger partial charge in [-0.05, 0) is 106 Å². The zero-order valence-corrected chi connectivity index (χ0v) is 20.9. The van der Waals surface area contributed by atoms with Gasteiger partial charge in [-0.3, -0.25) is 9.59 Å². The zero-order chi connectivity index (χ0) is 24.4. The molecule has 1 saturated heterocycles. The van der Waals surface area contributed by atoms with E-state index < -0.39 is 18.1 Å². The maximum absolute atomic E-state index is 13.9. The predicted octanol–water partition coefficient (Wildman–Crippen LogP) is 4.04. The molecular formula is C28H37NO5. The topological polar surface area (TPSA) is 83.9 Å². The van der Waals surface area contributed by atoms with Gasteiger partial charge >= 0.3 is 5.97 Å². The van der Waals surface area contributed by atoms with E-state index in [1.807, 2.05) is 26.8 Å². The lowest BCUT2D eigenvalue weighted by Crippen LogP contribution is -2.56. The molecule has 1 aromatic carbocycles. The molecule has 6 heteroatoms. The van der Waals surface area contributed by atoms with Crippen molar-refractivity contribution in [2.24, 2.45) is 23.2 Å². The molecule has 4 bridgehead atoms. The third-order valence-corrected chi connectivity index (χ3v) is 9.15. The number of Topliss-reactive ketones (excluding diaryl/α,β-unsaturated/α-hetero) is 1. The summed E-state index contributed by atoms with van der Waals surface area (Å²) in [6.45, 7) is 7.58. The number of aryl methyl sites for hydroxylation is 2. The number of hydrogen-bond acceptors (Lipinski definition) is 5. The van der Waals surface area contributed by atoms with E-state index in [2.05, 4.69) is 0 Å². The standard InChI is InChI=1S/C28H37NO5/c1-15-5-16(2)25(18(4)30)17(3)23(15)14-34-26(32)24-9-22(31)13-29(24)27(33)28-10-19-6-20(11-28)8-21(7-19)12-28/h5,19-22,24,31H,6-14H2,1-4H3/t19?,20?,21?,22?,24-,28?/m0/s1. The Hall–Kier alpha value is -2.21. The minimum absolute atomic E-state index is 0.00571. The van der Waals surface area contributed by atoms with Gasteiger partial charge in [-0.25, -0.2) is 4.79 Å². The number of amides is 1. The van der Waals surface area contributed by atoms with Crippen molar-refractivity contribution in [1.82, 2.24) is 4.90 Å². The molecule has 1 unspecified atom stereocenters. The zero-order valence-electron chi connectivity index (χ0n) is 20.9. The fraction of sp³-hybridized carbons (Fsp3) is 0.679. The van der Waals surface area contributed by atoms with E-state index in [0.29, 0.717) is 23.3 Å². The summed E-state index contributed by atoms with van der Waals surface area (Å²) in [5.74, 6) is 1.50. The minimum atomic E-state index is -0.742. The molecule has 5 fully saturated rings. The van der Waals surface area contributed by atoms with Crippen LogP contribution in [0, 0.1) is 43.9 Å². The van der Waals surface area contributed by atoms with E-state index in [0.717, 1.165) is 41.5 Å². The Morgan fingerprint density at radius 2 is 1.59 bits per heavy atom. The van der Waals surface area contributed by atoms with Crippen LogP contribution in [0.25, 0.3) is 0 Å². The van der Waals surface area contributed by atoms with E-state index in [1.54, 1.807) is 11.8 Å². The van der Waals surface area contributed by atoms with Crippen molar-refractivity contribution in [3.05, 3.63) is 33.9 Å². The molecule has 1 amide bonds. The van der Waals surface area contributed by atoms with Gasteiger partial charge in [0.2, 0.25) is 5.91 Å². The van der Waals surface area contributed by atoms with Gasteiger partial charge in [-0.2, -0.15) is 0 Å². The highest BCUT2D eigenvalue weighted by Crippen LogP contribution is 2.60. The van der Waals surface area contributed by atoms with Gasteiger partial charge in [0.1, 0.15) is 12.6 Å². The molecule has 6 rings (SSSR count). The number of ether oxygens (including phenoxy) is 1. The summed E-state index contributed by atoms with van der Waals surface area (Å²) in [4.78, 5) is 40.9. The quantitative estimate of drug-likeness (QED) is 0.522. The monoisotopic (exact) mass is 467 g/mol. The van der Waals surface area contributed by atoms with Gasteiger partial charge in [0.25, 0.3) is 0 Å². The average Bonchev–Trinajstić information content (AvgIpc) is 3.13. The van der Waals surface area contributed by atoms with E-state index >= 15 is 0 Å². The van der Waals surface area contributed by atoms with E-state index in [1.165, 1.54) is 19.3 Å². The van der Waals surface area contributed by atoms with Crippen LogP contribution in [0.2, 0.25) is 0 Å². The number of rotatable bonds is 5. The molecule has 184 valence electrons. The van der Waals surface area contributed by atoms with Crippen LogP contribution < -0.4 is 0 Å². The van der Waals surface area contributed by atoms with Crippen molar-refractivity contribution >= 4 is 17.7 Å². The van der Waals surface area contributed by atoms with Crippen LogP contribution in [0.3, 0.4) is 0 Å². The number of esters is 1. The molecule has 5 aliphatic rings. The van der Waals surface area contributed by atoms with Gasteiger partial charge < -0.3 is 14.7 Å². The second-order valence-corrected chi connectivity index (χ2v) is 11.7. The van der Waals surface area contributed by atoms with Crippen LogP contribution in [0.4, 0.5) is 0 Å². The van der Waals surface area contributed by atoms with E-state index in [-0.39, 0.29) is 36.7 Å². The van der Waals surface area contributed by atoms with Gasteiger partial charge in [0.15, 0.2) is 5.78 Å². The van der Waals surface area contributed by atoms with Crippen molar-refractivity contribution in [2.45, 2.75) is 91.4 Å². The Bertz CT molecular complexity index is 1010. The Labute approximate surface area is 202 Å². The second-order valence-electron chi connectivity index (χ2n) is 11.7. The summed E-state index contributed by atoms with van der Waals surface area (Å²) < 4.78 is 5.74. The van der Waals surface area contributed by atoms with Crippen molar-refractivity contribution in [3.8, 4) is 0 Å². The number of nitrogens with zero attached hydrogens (tertiary/aromatic N) is 1. The van der Waals surface area contributed by atoms with Crippen LogP contribution in [0.15, 0.2) is 6.07 Å². The summed E-state index contributed by atoms with van der Waals surface area (Å²) in [7, 11) is 0. The summed E-state index contributed by atoms with van der Waals surface area (Å²) >= 11 is 0. The highest BCUT2D eigenvalue weighted by atomic mass is 16.5. The Balaban J connectivity index is 1.33. The number of carbonyl (C=O) groups is 3. The number of benzene rings is 1. The lowest BCUT2D eigenvalue weighted by Gasteiger charge is -2.56. The normalized spacial score (nSPS) is 33.9. The Kier molecular flexibility index (Phi) is 5.86. The van der Waals surface area contributed by atoms with Crippen LogP contribution >= 0.6 is 0 Å². The number of ketones is 1. The molecular weight excluding hydrogens is 430 g/mol. The first-order chi connectivity index (χ1) is 16.1. The molecule has 34 heavy (non-hydrogen) atoms. The van der Waals surface area contributed by atoms with Gasteiger partial charge in [0, 0.05) is 18.5 Å². The molecule has 0 spiro atoms. The lowest BCUT2D eigenvalue weighted by atomic mass is 9.49. The van der Waals surface area contributed by atoms with Crippen molar-refractivity contribution in [2.75, 3.05) is 6.54 Å². The van der Waals surface area contributed by atoms with Crippen molar-refractivity contribution in [1.29, 1.82) is 0 Å². The molecule has 0 radical (unpaired) electrons. The first-order valence-electron chi connectivity index (χ1n) is 12.8. The fourth-order valence-electron chi connectivity index (χ4n) is 8.17. The van der Waals surface area contributed by atoms with Crippen molar-refractivity contribution in [3.63, 3.8) is 0 Å². The highest BCUT2D eigenvalue weighted by Gasteiger charge is 2.57. The molecule has 4 saturated carbocycles. The van der Waals surface area contributed by atoms with Crippen LogP contribution in [-0.2, 0) is 20.9 Å². The summed E-state index contributed by atoms with van der Waals surface area (Å²) in [6.07, 6.45) is 6.06.